The van der Waals surface area contributed by atoms with Gasteiger partial charge in [0, 0.05) is 27.3 Å². The maximum Gasteiger partial charge on any atom is 0.106 e. The Hall–Kier alpha value is -2.87. The number of aryl methyl sites for hydroxylation is 1. The van der Waals surface area contributed by atoms with E-state index in [1.165, 1.54) is 0 Å². The molecule has 4 heteroatoms. The molecule has 3 aromatic carbocycles. The van der Waals surface area contributed by atoms with Crippen LogP contribution < -0.4 is 0 Å². The summed E-state index contributed by atoms with van der Waals surface area (Å²) in [5.41, 5.74) is 5.34. The fourth-order valence-corrected chi connectivity index (χ4v) is 4.31. The minimum Gasteiger partial charge on any atom is -0.384 e. The summed E-state index contributed by atoms with van der Waals surface area (Å²) in [6, 6.07) is 24.4. The van der Waals surface area contributed by atoms with Crippen LogP contribution in [-0.2, 0) is 5.41 Å². The third kappa shape index (κ3) is 3.56. The Bertz CT molecular complexity index is 1260. The zero-order valence-electron chi connectivity index (χ0n) is 17.2. The van der Waals surface area contributed by atoms with Gasteiger partial charge in [0.05, 0.1) is 17.0 Å². The molecule has 0 radical (unpaired) electrons. The summed E-state index contributed by atoms with van der Waals surface area (Å²) >= 11 is 3.53. The fraction of sp³-hybridized carbons (Fsp3) is 0.192. The number of aliphatic hydroxyl groups is 1. The number of halogens is 1. The van der Waals surface area contributed by atoms with Gasteiger partial charge in [-0.15, -0.1) is 0 Å². The first-order chi connectivity index (χ1) is 14.3. The van der Waals surface area contributed by atoms with Gasteiger partial charge in [-0.05, 0) is 61.7 Å². The van der Waals surface area contributed by atoms with Crippen molar-refractivity contribution in [3.63, 3.8) is 0 Å². The first-order valence-corrected chi connectivity index (χ1v) is 10.7. The van der Waals surface area contributed by atoms with Crippen LogP contribution in [0.5, 0.6) is 0 Å². The first kappa shape index (κ1) is 20.4. The van der Waals surface area contributed by atoms with Crippen LogP contribution in [0.25, 0.3) is 16.6 Å². The maximum atomic E-state index is 11.2. The SMILES string of the molecule is Cc1cc(Br)ccc1-n1cc(C(O)c2ccc(C(C)(C)C#N)cc2)c2ccccc21. The molecule has 1 N–H and O–H groups in total. The van der Waals surface area contributed by atoms with Crippen molar-refractivity contribution in [1.29, 1.82) is 5.26 Å². The number of para-hydroxylation sites is 1. The van der Waals surface area contributed by atoms with Gasteiger partial charge in [0.25, 0.3) is 0 Å². The van der Waals surface area contributed by atoms with E-state index in [2.05, 4.69) is 51.7 Å². The lowest BCUT2D eigenvalue weighted by atomic mass is 9.85. The number of benzene rings is 3. The lowest BCUT2D eigenvalue weighted by Gasteiger charge is -2.17. The average Bonchev–Trinajstić information content (AvgIpc) is 3.13. The molecule has 0 saturated heterocycles. The highest BCUT2D eigenvalue weighted by atomic mass is 79.9. The number of aromatic nitrogens is 1. The first-order valence-electron chi connectivity index (χ1n) is 9.88. The lowest BCUT2D eigenvalue weighted by molar-refractivity contribution is 0.221. The van der Waals surface area contributed by atoms with Gasteiger partial charge < -0.3 is 9.67 Å². The van der Waals surface area contributed by atoms with Crippen LogP contribution in [0.15, 0.2) is 77.4 Å². The molecule has 1 unspecified atom stereocenters. The second kappa shape index (κ2) is 7.75. The summed E-state index contributed by atoms with van der Waals surface area (Å²) in [6.07, 6.45) is 1.27. The fourth-order valence-electron chi connectivity index (χ4n) is 3.84. The van der Waals surface area contributed by atoms with Gasteiger partial charge >= 0.3 is 0 Å². The van der Waals surface area contributed by atoms with Crippen molar-refractivity contribution in [1.82, 2.24) is 4.57 Å². The number of fused-ring (bicyclic) bond motifs is 1. The summed E-state index contributed by atoms with van der Waals surface area (Å²) in [7, 11) is 0. The summed E-state index contributed by atoms with van der Waals surface area (Å²) in [4.78, 5) is 0. The molecule has 1 atom stereocenters. The molecule has 0 spiro atoms. The molecular formula is C26H23BrN2O. The molecule has 0 aliphatic carbocycles. The Labute approximate surface area is 185 Å². The van der Waals surface area contributed by atoms with E-state index in [0.29, 0.717) is 0 Å². The summed E-state index contributed by atoms with van der Waals surface area (Å²) in [5.74, 6) is 0. The van der Waals surface area contributed by atoms with Gasteiger partial charge in [-0.1, -0.05) is 58.4 Å². The van der Waals surface area contributed by atoms with Gasteiger partial charge in [0.15, 0.2) is 0 Å². The largest absolute Gasteiger partial charge is 0.384 e. The highest BCUT2D eigenvalue weighted by Crippen LogP contribution is 2.34. The molecule has 4 aromatic rings. The number of aliphatic hydroxyl groups excluding tert-OH is 1. The van der Waals surface area contributed by atoms with E-state index in [9.17, 15) is 10.4 Å². The molecule has 4 rings (SSSR count). The van der Waals surface area contributed by atoms with Crippen molar-refractivity contribution in [3.8, 4) is 11.8 Å². The van der Waals surface area contributed by atoms with Gasteiger partial charge in [0.2, 0.25) is 0 Å². The second-order valence-corrected chi connectivity index (χ2v) is 9.08. The Balaban J connectivity index is 1.81. The summed E-state index contributed by atoms with van der Waals surface area (Å²) < 4.78 is 3.18. The summed E-state index contributed by atoms with van der Waals surface area (Å²) in [5, 5.41) is 21.6. The van der Waals surface area contributed by atoms with Crippen LogP contribution in [0.3, 0.4) is 0 Å². The normalized spacial score (nSPS) is 12.7. The Kier molecular flexibility index (Phi) is 5.27. The molecule has 0 aliphatic heterocycles. The van der Waals surface area contributed by atoms with Gasteiger partial charge in [-0.2, -0.15) is 5.26 Å². The minimum atomic E-state index is -0.758. The molecule has 0 amide bonds. The minimum absolute atomic E-state index is 0.557. The average molecular weight is 459 g/mol. The van der Waals surface area contributed by atoms with Crippen molar-refractivity contribution in [2.24, 2.45) is 0 Å². The topological polar surface area (TPSA) is 49.0 Å². The highest BCUT2D eigenvalue weighted by molar-refractivity contribution is 9.10. The van der Waals surface area contributed by atoms with Crippen molar-refractivity contribution < 1.29 is 5.11 Å². The zero-order chi connectivity index (χ0) is 21.5. The predicted molar refractivity (Wildman–Crippen MR) is 125 cm³/mol. The Morgan fingerprint density at radius 1 is 1.03 bits per heavy atom. The molecule has 1 aromatic heterocycles. The molecule has 0 fully saturated rings. The van der Waals surface area contributed by atoms with E-state index in [-0.39, 0.29) is 0 Å². The number of nitrogens with zero attached hydrogens (tertiary/aromatic N) is 2. The quantitative estimate of drug-likeness (QED) is 0.375. The Morgan fingerprint density at radius 3 is 2.40 bits per heavy atom. The molecule has 0 aliphatic rings. The molecule has 3 nitrogen and oxygen atoms in total. The maximum absolute atomic E-state index is 11.2. The van der Waals surface area contributed by atoms with Crippen LogP contribution in [0.2, 0.25) is 0 Å². The summed E-state index contributed by atoms with van der Waals surface area (Å²) in [6.45, 7) is 5.87. The lowest BCUT2D eigenvalue weighted by Crippen LogP contribution is -2.13. The van der Waals surface area contributed by atoms with Crippen LogP contribution in [0.4, 0.5) is 0 Å². The predicted octanol–water partition coefficient (Wildman–Crippen LogP) is 6.58. The Morgan fingerprint density at radius 2 is 1.73 bits per heavy atom. The third-order valence-electron chi connectivity index (χ3n) is 5.68. The van der Waals surface area contributed by atoms with E-state index in [4.69, 9.17) is 0 Å². The molecule has 0 saturated carbocycles. The van der Waals surface area contributed by atoms with Crippen LogP contribution >= 0.6 is 15.9 Å². The van der Waals surface area contributed by atoms with Crippen molar-refractivity contribution in [3.05, 3.63) is 99.7 Å². The van der Waals surface area contributed by atoms with Gasteiger partial charge in [-0.3, -0.25) is 0 Å². The number of hydrogen-bond donors (Lipinski definition) is 1. The van der Waals surface area contributed by atoms with Crippen LogP contribution in [0.1, 0.15) is 42.2 Å². The van der Waals surface area contributed by atoms with E-state index >= 15 is 0 Å². The number of hydrogen-bond acceptors (Lipinski definition) is 2. The van der Waals surface area contributed by atoms with Crippen LogP contribution in [0, 0.1) is 18.3 Å². The highest BCUT2D eigenvalue weighted by Gasteiger charge is 2.22. The molecule has 1 heterocycles. The van der Waals surface area contributed by atoms with Gasteiger partial charge in [0.1, 0.15) is 6.10 Å². The van der Waals surface area contributed by atoms with Crippen molar-refractivity contribution in [2.45, 2.75) is 32.3 Å². The number of rotatable bonds is 4. The number of nitriles is 1. The van der Waals surface area contributed by atoms with E-state index in [1.807, 2.05) is 68.6 Å². The smallest absolute Gasteiger partial charge is 0.106 e. The zero-order valence-corrected chi connectivity index (χ0v) is 18.8. The second-order valence-electron chi connectivity index (χ2n) is 8.16. The van der Waals surface area contributed by atoms with Crippen LogP contribution in [-0.4, -0.2) is 9.67 Å². The van der Waals surface area contributed by atoms with E-state index < -0.39 is 11.5 Å². The van der Waals surface area contributed by atoms with E-state index in [0.717, 1.165) is 43.3 Å². The molecular weight excluding hydrogens is 436 g/mol. The monoisotopic (exact) mass is 458 g/mol. The molecule has 0 bridgehead atoms. The third-order valence-corrected chi connectivity index (χ3v) is 6.18. The van der Waals surface area contributed by atoms with E-state index in [1.54, 1.807) is 0 Å². The molecule has 150 valence electrons. The standard InChI is InChI=1S/C26H23BrN2O/c1-17-14-20(27)12-13-23(17)29-15-22(21-6-4-5-7-24(21)29)25(30)18-8-10-19(11-9-18)26(2,3)16-28/h4-15,25,30H,1-3H3. The van der Waals surface area contributed by atoms with Gasteiger partial charge in [-0.25, -0.2) is 0 Å². The molecule has 30 heavy (non-hydrogen) atoms. The van der Waals surface area contributed by atoms with Crippen molar-refractivity contribution in [2.75, 3.05) is 0 Å². The van der Waals surface area contributed by atoms with Crippen molar-refractivity contribution >= 4 is 26.8 Å².